The van der Waals surface area contributed by atoms with Gasteiger partial charge in [-0.2, -0.15) is 5.10 Å². The number of para-hydroxylation sites is 1. The molecule has 1 aromatic carbocycles. The van der Waals surface area contributed by atoms with Crippen LogP contribution in [0.3, 0.4) is 0 Å². The van der Waals surface area contributed by atoms with Crippen molar-refractivity contribution >= 4 is 5.91 Å². The summed E-state index contributed by atoms with van der Waals surface area (Å²) in [7, 11) is 0. The molecule has 0 aliphatic heterocycles. The number of unbranched alkanes of at least 4 members (excludes halogenated alkanes) is 1. The van der Waals surface area contributed by atoms with Gasteiger partial charge in [0.05, 0.1) is 11.4 Å². The fourth-order valence-corrected chi connectivity index (χ4v) is 2.61. The summed E-state index contributed by atoms with van der Waals surface area (Å²) < 4.78 is 1.98. The van der Waals surface area contributed by atoms with Crippen LogP contribution >= 0.6 is 0 Å². The molecule has 118 valence electrons. The monoisotopic (exact) mass is 299 g/mol. The van der Waals surface area contributed by atoms with Gasteiger partial charge < -0.3 is 5.32 Å². The Morgan fingerprint density at radius 3 is 2.64 bits per heavy atom. The van der Waals surface area contributed by atoms with Crippen LogP contribution in [0, 0.1) is 13.8 Å². The molecule has 0 saturated heterocycles. The third kappa shape index (κ3) is 3.97. The number of amides is 1. The van der Waals surface area contributed by atoms with E-state index in [1.165, 1.54) is 5.56 Å². The molecule has 0 aliphatic rings. The Morgan fingerprint density at radius 1 is 1.23 bits per heavy atom. The number of carbonyl (C=O) groups excluding carboxylic acids is 1. The standard InChI is InChI=1S/C18H25N3O/c1-4-5-11-18(22)19-13-12-17-14(2)20-21(15(17)3)16-9-7-6-8-10-16/h6-10H,4-5,11-13H2,1-3H3,(H,19,22). The van der Waals surface area contributed by atoms with E-state index in [0.29, 0.717) is 13.0 Å². The van der Waals surface area contributed by atoms with Gasteiger partial charge in [0.2, 0.25) is 5.91 Å². The van der Waals surface area contributed by atoms with E-state index in [1.807, 2.05) is 29.8 Å². The van der Waals surface area contributed by atoms with E-state index >= 15 is 0 Å². The SMILES string of the molecule is CCCCC(=O)NCCc1c(C)nn(-c2ccccc2)c1C. The van der Waals surface area contributed by atoms with Crippen LogP contribution < -0.4 is 5.32 Å². The van der Waals surface area contributed by atoms with Crippen molar-refractivity contribution in [1.82, 2.24) is 15.1 Å². The van der Waals surface area contributed by atoms with E-state index in [2.05, 4.69) is 36.4 Å². The zero-order valence-electron chi connectivity index (χ0n) is 13.7. The first-order valence-corrected chi connectivity index (χ1v) is 8.00. The molecule has 1 heterocycles. The van der Waals surface area contributed by atoms with Crippen molar-refractivity contribution in [2.45, 2.75) is 46.5 Å². The third-order valence-corrected chi connectivity index (χ3v) is 3.90. The van der Waals surface area contributed by atoms with Crippen molar-refractivity contribution in [3.8, 4) is 5.69 Å². The summed E-state index contributed by atoms with van der Waals surface area (Å²) in [6.07, 6.45) is 3.45. The minimum atomic E-state index is 0.146. The van der Waals surface area contributed by atoms with Gasteiger partial charge in [-0.05, 0) is 44.4 Å². The van der Waals surface area contributed by atoms with Crippen LogP contribution in [0.5, 0.6) is 0 Å². The summed E-state index contributed by atoms with van der Waals surface area (Å²) in [6, 6.07) is 10.1. The highest BCUT2D eigenvalue weighted by Gasteiger charge is 2.12. The Labute approximate surface area is 132 Å². The second kappa shape index (κ2) is 7.78. The Hall–Kier alpha value is -2.10. The molecule has 0 unspecified atom stereocenters. The third-order valence-electron chi connectivity index (χ3n) is 3.90. The Balaban J connectivity index is 2.01. The zero-order chi connectivity index (χ0) is 15.9. The highest BCUT2D eigenvalue weighted by atomic mass is 16.1. The lowest BCUT2D eigenvalue weighted by molar-refractivity contribution is -0.121. The highest BCUT2D eigenvalue weighted by molar-refractivity contribution is 5.75. The average Bonchev–Trinajstić information content (AvgIpc) is 2.81. The summed E-state index contributed by atoms with van der Waals surface area (Å²) in [5.41, 5.74) is 4.47. The molecule has 0 fully saturated rings. The summed E-state index contributed by atoms with van der Waals surface area (Å²) in [5.74, 6) is 0.146. The van der Waals surface area contributed by atoms with Crippen molar-refractivity contribution in [2.24, 2.45) is 0 Å². The number of carbonyl (C=O) groups is 1. The number of nitrogens with zero attached hydrogens (tertiary/aromatic N) is 2. The number of hydrogen-bond acceptors (Lipinski definition) is 2. The second-order valence-electron chi connectivity index (χ2n) is 5.60. The topological polar surface area (TPSA) is 46.9 Å². The molecule has 2 aromatic rings. The van der Waals surface area contributed by atoms with Crippen molar-refractivity contribution in [3.05, 3.63) is 47.3 Å². The van der Waals surface area contributed by atoms with Gasteiger partial charge in [-0.3, -0.25) is 4.79 Å². The molecule has 4 nitrogen and oxygen atoms in total. The second-order valence-corrected chi connectivity index (χ2v) is 5.60. The lowest BCUT2D eigenvalue weighted by Gasteiger charge is -2.07. The first-order valence-electron chi connectivity index (χ1n) is 8.00. The summed E-state index contributed by atoms with van der Waals surface area (Å²) in [6.45, 7) is 6.88. The minimum Gasteiger partial charge on any atom is -0.356 e. The van der Waals surface area contributed by atoms with Gasteiger partial charge in [0.15, 0.2) is 0 Å². The van der Waals surface area contributed by atoms with Crippen molar-refractivity contribution < 1.29 is 4.79 Å². The van der Waals surface area contributed by atoms with Crippen molar-refractivity contribution in [3.63, 3.8) is 0 Å². The largest absolute Gasteiger partial charge is 0.356 e. The lowest BCUT2D eigenvalue weighted by Crippen LogP contribution is -2.25. The maximum Gasteiger partial charge on any atom is 0.220 e. The zero-order valence-corrected chi connectivity index (χ0v) is 13.7. The van der Waals surface area contributed by atoms with Crippen LogP contribution in [0.15, 0.2) is 30.3 Å². The Kier molecular flexibility index (Phi) is 5.75. The van der Waals surface area contributed by atoms with Gasteiger partial charge in [-0.25, -0.2) is 4.68 Å². The maximum absolute atomic E-state index is 11.7. The lowest BCUT2D eigenvalue weighted by atomic mass is 10.1. The van der Waals surface area contributed by atoms with Crippen LogP contribution in [0.25, 0.3) is 5.69 Å². The summed E-state index contributed by atoms with van der Waals surface area (Å²) in [5, 5.41) is 7.63. The molecule has 2 rings (SSSR count). The molecule has 0 atom stereocenters. The van der Waals surface area contributed by atoms with E-state index in [4.69, 9.17) is 0 Å². The van der Waals surface area contributed by atoms with E-state index < -0.39 is 0 Å². The predicted octanol–water partition coefficient (Wildman–Crippen LogP) is 3.34. The highest BCUT2D eigenvalue weighted by Crippen LogP contribution is 2.18. The smallest absolute Gasteiger partial charge is 0.220 e. The van der Waals surface area contributed by atoms with E-state index in [0.717, 1.165) is 36.3 Å². The fraction of sp³-hybridized carbons (Fsp3) is 0.444. The molecular formula is C18H25N3O. The van der Waals surface area contributed by atoms with E-state index in [1.54, 1.807) is 0 Å². The normalized spacial score (nSPS) is 10.7. The van der Waals surface area contributed by atoms with E-state index in [9.17, 15) is 4.79 Å². The first kappa shape index (κ1) is 16.3. The number of nitrogens with one attached hydrogen (secondary N) is 1. The van der Waals surface area contributed by atoms with Gasteiger partial charge in [0, 0.05) is 18.7 Å². The minimum absolute atomic E-state index is 0.146. The molecule has 0 aliphatic carbocycles. The fourth-order valence-electron chi connectivity index (χ4n) is 2.61. The molecule has 0 spiro atoms. The molecule has 0 radical (unpaired) electrons. The van der Waals surface area contributed by atoms with E-state index in [-0.39, 0.29) is 5.91 Å². The number of aromatic nitrogens is 2. The van der Waals surface area contributed by atoms with Crippen molar-refractivity contribution in [1.29, 1.82) is 0 Å². The van der Waals surface area contributed by atoms with Crippen LogP contribution in [0.1, 0.15) is 43.1 Å². The number of rotatable bonds is 7. The number of benzene rings is 1. The molecule has 1 amide bonds. The van der Waals surface area contributed by atoms with Gasteiger partial charge in [0.1, 0.15) is 0 Å². The molecular weight excluding hydrogens is 274 g/mol. The molecule has 1 aromatic heterocycles. The first-order chi connectivity index (χ1) is 10.6. The molecule has 0 saturated carbocycles. The maximum atomic E-state index is 11.7. The Bertz CT molecular complexity index is 617. The Morgan fingerprint density at radius 2 is 1.95 bits per heavy atom. The summed E-state index contributed by atoms with van der Waals surface area (Å²) >= 11 is 0. The average molecular weight is 299 g/mol. The molecule has 22 heavy (non-hydrogen) atoms. The van der Waals surface area contributed by atoms with Crippen molar-refractivity contribution in [2.75, 3.05) is 6.54 Å². The quantitative estimate of drug-likeness (QED) is 0.852. The molecule has 4 heteroatoms. The van der Waals surface area contributed by atoms with Gasteiger partial charge in [-0.15, -0.1) is 0 Å². The van der Waals surface area contributed by atoms with Gasteiger partial charge >= 0.3 is 0 Å². The predicted molar refractivity (Wildman–Crippen MR) is 89.3 cm³/mol. The summed E-state index contributed by atoms with van der Waals surface area (Å²) in [4.78, 5) is 11.7. The molecule has 1 N–H and O–H groups in total. The van der Waals surface area contributed by atoms with Gasteiger partial charge in [-0.1, -0.05) is 31.5 Å². The molecule has 0 bridgehead atoms. The van der Waals surface area contributed by atoms with Crippen LogP contribution in [0.4, 0.5) is 0 Å². The van der Waals surface area contributed by atoms with Gasteiger partial charge in [0.25, 0.3) is 0 Å². The van der Waals surface area contributed by atoms with Crippen LogP contribution in [0.2, 0.25) is 0 Å². The van der Waals surface area contributed by atoms with Crippen LogP contribution in [-0.4, -0.2) is 22.2 Å². The number of hydrogen-bond donors (Lipinski definition) is 1. The number of aryl methyl sites for hydroxylation is 1. The van der Waals surface area contributed by atoms with Crippen LogP contribution in [-0.2, 0) is 11.2 Å².